The largest absolute Gasteiger partial charge is 0.341 e. The SMILES string of the molecule is CC(C)n1cnc2cc(-c3cnc4c(c3)N(C3(C)CC(N5CCCCC5)C3)C(=O)C4(C)C)nc(Nc3cc(C(=O)NC4(C(F)F)CC4)cc(F)c3F)c21. The maximum atomic E-state index is 15.4. The van der Waals surface area contributed by atoms with Crippen LogP contribution in [0.4, 0.5) is 34.8 Å². The van der Waals surface area contributed by atoms with Crippen molar-refractivity contribution in [1.82, 2.24) is 29.7 Å². The minimum atomic E-state index is -2.79. The number of hydrogen-bond acceptors (Lipinski definition) is 7. The van der Waals surface area contributed by atoms with Crippen molar-refractivity contribution < 1.29 is 27.2 Å². The van der Waals surface area contributed by atoms with E-state index in [0.717, 1.165) is 37.7 Å². The van der Waals surface area contributed by atoms with Gasteiger partial charge in [-0.3, -0.25) is 14.6 Å². The van der Waals surface area contributed by atoms with Crippen LogP contribution in [0.25, 0.3) is 22.3 Å². The molecule has 0 spiro atoms. The molecular weight excluding hydrogens is 688 g/mol. The summed E-state index contributed by atoms with van der Waals surface area (Å²) in [6, 6.07) is 5.83. The van der Waals surface area contributed by atoms with Gasteiger partial charge in [-0.2, -0.15) is 0 Å². The molecule has 0 bridgehead atoms. The molecule has 1 aromatic carbocycles. The number of benzene rings is 1. The first-order valence-electron chi connectivity index (χ1n) is 18.5. The van der Waals surface area contributed by atoms with E-state index in [1.807, 2.05) is 43.2 Å². The zero-order valence-electron chi connectivity index (χ0n) is 30.6. The number of halogens is 4. The van der Waals surface area contributed by atoms with E-state index in [9.17, 15) is 18.4 Å². The van der Waals surface area contributed by atoms with Gasteiger partial charge in [0.2, 0.25) is 5.91 Å². The third-order valence-corrected chi connectivity index (χ3v) is 11.8. The van der Waals surface area contributed by atoms with Crippen LogP contribution in [0, 0.1) is 11.6 Å². The van der Waals surface area contributed by atoms with Gasteiger partial charge in [-0.15, -0.1) is 0 Å². The van der Waals surface area contributed by atoms with Crippen LogP contribution >= 0.6 is 0 Å². The van der Waals surface area contributed by atoms with E-state index in [1.165, 1.54) is 19.3 Å². The number of amides is 2. The van der Waals surface area contributed by atoms with Crippen LogP contribution in [0.5, 0.6) is 0 Å². The number of hydrogen-bond donors (Lipinski definition) is 2. The van der Waals surface area contributed by atoms with E-state index in [-0.39, 0.29) is 41.7 Å². The molecule has 8 rings (SSSR count). The molecule has 5 heterocycles. The monoisotopic (exact) mass is 732 g/mol. The number of anilines is 3. The summed E-state index contributed by atoms with van der Waals surface area (Å²) in [5.74, 6) is -3.39. The van der Waals surface area contributed by atoms with Crippen molar-refractivity contribution >= 4 is 40.0 Å². The number of likely N-dealkylation sites (tertiary alicyclic amines) is 1. The number of carbonyl (C=O) groups is 2. The third kappa shape index (κ3) is 5.84. The summed E-state index contributed by atoms with van der Waals surface area (Å²) >= 11 is 0. The Morgan fingerprint density at radius 2 is 1.70 bits per heavy atom. The highest BCUT2D eigenvalue weighted by molar-refractivity contribution is 6.08. The van der Waals surface area contributed by atoms with Crippen LogP contribution in [0.2, 0.25) is 0 Å². The molecular formula is C39H44F4N8O2. The highest BCUT2D eigenvalue weighted by Crippen LogP contribution is 2.51. The van der Waals surface area contributed by atoms with Gasteiger partial charge in [-0.25, -0.2) is 27.5 Å². The second-order valence-corrected chi connectivity index (χ2v) is 16.3. The number of fused-ring (bicyclic) bond motifs is 2. The lowest BCUT2D eigenvalue weighted by atomic mass is 9.71. The first kappa shape index (κ1) is 35.4. The first-order valence-corrected chi connectivity index (χ1v) is 18.5. The molecule has 53 heavy (non-hydrogen) atoms. The van der Waals surface area contributed by atoms with Gasteiger partial charge in [0.1, 0.15) is 11.1 Å². The van der Waals surface area contributed by atoms with Crippen molar-refractivity contribution in [3.05, 3.63) is 59.7 Å². The molecule has 2 aliphatic carbocycles. The summed E-state index contributed by atoms with van der Waals surface area (Å²) in [5.41, 5.74) is -0.133. The number of piperidine rings is 1. The number of nitrogens with one attached hydrogen (secondary N) is 2. The number of aromatic nitrogens is 4. The Hall–Kier alpha value is -4.59. The highest BCUT2D eigenvalue weighted by Gasteiger charge is 2.57. The number of carbonyl (C=O) groups excluding carboxylic acids is 2. The number of nitrogens with zero attached hydrogens (tertiary/aromatic N) is 6. The quantitative estimate of drug-likeness (QED) is 0.170. The molecule has 2 aliphatic heterocycles. The number of pyridine rings is 2. The van der Waals surface area contributed by atoms with Crippen LogP contribution < -0.4 is 15.5 Å². The summed E-state index contributed by atoms with van der Waals surface area (Å²) in [7, 11) is 0. The summed E-state index contributed by atoms with van der Waals surface area (Å²) in [5, 5.41) is 5.20. The lowest BCUT2D eigenvalue weighted by Crippen LogP contribution is -2.64. The molecule has 4 aliphatic rings. The molecule has 3 aromatic heterocycles. The topological polar surface area (TPSA) is 108 Å². The Morgan fingerprint density at radius 1 is 0.981 bits per heavy atom. The van der Waals surface area contributed by atoms with Gasteiger partial charge in [0.05, 0.1) is 40.0 Å². The van der Waals surface area contributed by atoms with Crippen molar-refractivity contribution in [3.8, 4) is 11.3 Å². The summed E-state index contributed by atoms with van der Waals surface area (Å²) < 4.78 is 59.4. The van der Waals surface area contributed by atoms with Gasteiger partial charge >= 0.3 is 0 Å². The van der Waals surface area contributed by atoms with Gasteiger partial charge in [0.25, 0.3) is 12.3 Å². The lowest BCUT2D eigenvalue weighted by Gasteiger charge is -2.55. The normalized spacial score (nSPS) is 23.4. The first-order chi connectivity index (χ1) is 25.1. The van der Waals surface area contributed by atoms with Crippen molar-refractivity contribution in [2.75, 3.05) is 23.3 Å². The van der Waals surface area contributed by atoms with Crippen molar-refractivity contribution in [1.29, 1.82) is 0 Å². The van der Waals surface area contributed by atoms with Crippen LogP contribution in [0.15, 0.2) is 36.8 Å². The predicted octanol–water partition coefficient (Wildman–Crippen LogP) is 7.65. The molecule has 1 saturated heterocycles. The second-order valence-electron chi connectivity index (χ2n) is 16.3. The van der Waals surface area contributed by atoms with Crippen molar-refractivity contribution in [2.45, 2.75) is 115 Å². The van der Waals surface area contributed by atoms with E-state index in [2.05, 4.69) is 27.4 Å². The predicted molar refractivity (Wildman–Crippen MR) is 194 cm³/mol. The molecule has 3 fully saturated rings. The lowest BCUT2D eigenvalue weighted by molar-refractivity contribution is -0.124. The zero-order valence-corrected chi connectivity index (χ0v) is 30.6. The molecule has 2 amide bonds. The van der Waals surface area contributed by atoms with Gasteiger partial charge in [0.15, 0.2) is 17.5 Å². The second kappa shape index (κ2) is 12.5. The minimum absolute atomic E-state index is 0.000708. The van der Waals surface area contributed by atoms with Gasteiger partial charge in [-0.1, -0.05) is 6.42 Å². The van der Waals surface area contributed by atoms with Crippen LogP contribution in [-0.2, 0) is 10.2 Å². The summed E-state index contributed by atoms with van der Waals surface area (Å²) in [6.07, 6.45) is 6.09. The standard InChI is InChI=1S/C39H44F4N8O2/c1-21(2)50-20-45-28-16-26(46-33(31(28)50)47-27-14-22(13-25(40)30(27)41)34(52)48-39(9-10-39)35(42)43)23-15-29-32(44-19-23)37(3,4)36(53)51(29)38(5)17-24(18-38)49-11-7-6-8-12-49/h13-16,19-21,24,35H,6-12,17-18H2,1-5H3,(H,46,47)(H,48,52). The Bertz CT molecular complexity index is 2130. The molecule has 0 atom stereocenters. The molecule has 4 aromatic rings. The molecule has 2 N–H and O–H groups in total. The van der Waals surface area contributed by atoms with E-state index in [1.54, 1.807) is 18.6 Å². The molecule has 14 heteroatoms. The fourth-order valence-corrected chi connectivity index (χ4v) is 8.41. The fourth-order valence-electron chi connectivity index (χ4n) is 8.41. The highest BCUT2D eigenvalue weighted by atomic mass is 19.3. The average molecular weight is 733 g/mol. The van der Waals surface area contributed by atoms with Gasteiger partial charge < -0.3 is 25.0 Å². The Balaban J connectivity index is 1.17. The fraction of sp³-hybridized carbons (Fsp3) is 0.513. The molecule has 10 nitrogen and oxygen atoms in total. The Kier molecular flexibility index (Phi) is 8.35. The number of rotatable bonds is 9. The Morgan fingerprint density at radius 3 is 2.36 bits per heavy atom. The van der Waals surface area contributed by atoms with E-state index >= 15 is 8.78 Å². The maximum absolute atomic E-state index is 15.4. The van der Waals surface area contributed by atoms with Crippen LogP contribution in [-0.4, -0.2) is 72.9 Å². The zero-order chi connectivity index (χ0) is 37.6. The third-order valence-electron chi connectivity index (χ3n) is 11.8. The van der Waals surface area contributed by atoms with Crippen molar-refractivity contribution in [3.63, 3.8) is 0 Å². The summed E-state index contributed by atoms with van der Waals surface area (Å²) in [4.78, 5) is 45.9. The molecule has 2 saturated carbocycles. The van der Waals surface area contributed by atoms with Crippen LogP contribution in [0.3, 0.4) is 0 Å². The van der Waals surface area contributed by atoms with E-state index in [0.29, 0.717) is 40.1 Å². The molecule has 0 unspecified atom stereocenters. The smallest absolute Gasteiger partial charge is 0.261 e. The Labute approximate surface area is 305 Å². The molecule has 280 valence electrons. The maximum Gasteiger partial charge on any atom is 0.261 e. The van der Waals surface area contributed by atoms with Crippen molar-refractivity contribution in [2.24, 2.45) is 0 Å². The molecule has 0 radical (unpaired) electrons. The minimum Gasteiger partial charge on any atom is -0.341 e. The van der Waals surface area contributed by atoms with Gasteiger partial charge in [0, 0.05) is 34.9 Å². The average Bonchev–Trinajstić information content (AvgIpc) is 3.71. The number of imidazole rings is 1. The van der Waals surface area contributed by atoms with E-state index < -0.39 is 40.6 Å². The number of alkyl halides is 2. The van der Waals surface area contributed by atoms with Crippen LogP contribution in [0.1, 0.15) is 102 Å². The summed E-state index contributed by atoms with van der Waals surface area (Å²) in [6.45, 7) is 12.0. The van der Waals surface area contributed by atoms with E-state index in [4.69, 9.17) is 9.97 Å². The van der Waals surface area contributed by atoms with Gasteiger partial charge in [-0.05, 0) is 110 Å².